The van der Waals surface area contributed by atoms with Crippen LogP contribution in [0.4, 0.5) is 0 Å². The first-order valence-electron chi connectivity index (χ1n) is 7.04. The van der Waals surface area contributed by atoms with Crippen LogP contribution in [0.15, 0.2) is 17.0 Å². The van der Waals surface area contributed by atoms with E-state index in [1.807, 2.05) is 46.8 Å². The summed E-state index contributed by atoms with van der Waals surface area (Å²) in [4.78, 5) is 0.247. The van der Waals surface area contributed by atoms with E-state index in [2.05, 4.69) is 0 Å². The van der Waals surface area contributed by atoms with Gasteiger partial charge in [-0.2, -0.15) is 8.42 Å². The maximum Gasteiger partial charge on any atom is 0.307 e. The Morgan fingerprint density at radius 1 is 0.952 bits per heavy atom. The molecule has 0 aliphatic rings. The molecule has 2 N–H and O–H groups in total. The van der Waals surface area contributed by atoms with E-state index in [0.29, 0.717) is 11.1 Å². The summed E-state index contributed by atoms with van der Waals surface area (Å²) in [5.74, 6) is 0. The van der Waals surface area contributed by atoms with Gasteiger partial charge in [-0.3, -0.25) is 5.14 Å². The second-order valence-electron chi connectivity index (χ2n) is 6.04. The highest BCUT2D eigenvalue weighted by Crippen LogP contribution is 2.52. The lowest BCUT2D eigenvalue weighted by molar-refractivity contribution is 0.502. The topological polar surface area (TPSA) is 69.4 Å². The SMILES string of the molecule is Cc1cc(C)c(S(=O)(=O)OS(N)(C(C)C)C(C)C)c(C)c1. The van der Waals surface area contributed by atoms with Gasteiger partial charge in [0.15, 0.2) is 0 Å². The zero-order valence-corrected chi connectivity index (χ0v) is 15.6. The fraction of sp³-hybridized carbons (Fsp3) is 0.600. The van der Waals surface area contributed by atoms with Crippen LogP contribution in [0.1, 0.15) is 44.4 Å². The summed E-state index contributed by atoms with van der Waals surface area (Å²) in [5, 5.41) is 6.23. The van der Waals surface area contributed by atoms with E-state index >= 15 is 0 Å². The smallest absolute Gasteiger partial charge is 0.273 e. The fourth-order valence-corrected chi connectivity index (χ4v) is 7.22. The largest absolute Gasteiger partial charge is 0.307 e. The average Bonchev–Trinajstić information content (AvgIpc) is 2.25. The third-order valence-electron chi connectivity index (χ3n) is 3.54. The van der Waals surface area contributed by atoms with Gasteiger partial charge < -0.3 is 0 Å². The highest BCUT2D eigenvalue weighted by Gasteiger charge is 2.36. The van der Waals surface area contributed by atoms with Crippen LogP contribution in [-0.4, -0.2) is 18.9 Å². The van der Waals surface area contributed by atoms with E-state index in [4.69, 9.17) is 8.77 Å². The first-order valence-corrected chi connectivity index (χ1v) is 10.2. The van der Waals surface area contributed by atoms with E-state index in [0.717, 1.165) is 5.56 Å². The van der Waals surface area contributed by atoms with Crippen molar-refractivity contribution < 1.29 is 12.0 Å². The van der Waals surface area contributed by atoms with E-state index in [1.165, 1.54) is 0 Å². The van der Waals surface area contributed by atoms with Crippen molar-refractivity contribution in [1.29, 1.82) is 0 Å². The molecular formula is C15H27NO3S2. The van der Waals surface area contributed by atoms with E-state index in [1.54, 1.807) is 13.8 Å². The minimum atomic E-state index is -3.87. The highest BCUT2D eigenvalue weighted by atomic mass is 32.3. The van der Waals surface area contributed by atoms with Gasteiger partial charge >= 0.3 is 10.1 Å². The summed E-state index contributed by atoms with van der Waals surface area (Å²) in [7, 11) is -6.08. The number of hydrogen-bond donors (Lipinski definition) is 1. The van der Waals surface area contributed by atoms with Crippen LogP contribution in [0.3, 0.4) is 0 Å². The quantitative estimate of drug-likeness (QED) is 0.891. The Balaban J connectivity index is 3.37. The third-order valence-corrected chi connectivity index (χ3v) is 9.29. The van der Waals surface area contributed by atoms with E-state index in [9.17, 15) is 8.42 Å². The second-order valence-corrected chi connectivity index (χ2v) is 11.2. The summed E-state index contributed by atoms with van der Waals surface area (Å²) in [5.41, 5.74) is 2.42. The molecule has 0 atom stereocenters. The Hall–Kier alpha value is -0.560. The zero-order chi connectivity index (χ0) is 16.6. The fourth-order valence-electron chi connectivity index (χ4n) is 2.45. The second kappa shape index (κ2) is 6.28. The molecular weight excluding hydrogens is 306 g/mol. The maximum absolute atomic E-state index is 12.7. The first kappa shape index (κ1) is 18.5. The summed E-state index contributed by atoms with van der Waals surface area (Å²) < 4.78 is 31.0. The first-order chi connectivity index (χ1) is 9.41. The summed E-state index contributed by atoms with van der Waals surface area (Å²) in [6, 6.07) is 3.70. The Bertz CT molecular complexity index is 591. The summed E-state index contributed by atoms with van der Waals surface area (Å²) in [6.07, 6.45) is 0. The molecule has 21 heavy (non-hydrogen) atoms. The van der Waals surface area contributed by atoms with Crippen molar-refractivity contribution in [2.75, 3.05) is 0 Å². The number of nitrogens with two attached hydrogens (primary N) is 1. The summed E-state index contributed by atoms with van der Waals surface area (Å²) >= 11 is 0. The van der Waals surface area contributed by atoms with Crippen molar-refractivity contribution >= 4 is 20.6 Å². The minimum Gasteiger partial charge on any atom is -0.273 e. The van der Waals surface area contributed by atoms with Crippen molar-refractivity contribution in [3.05, 3.63) is 28.8 Å². The molecule has 0 bridgehead atoms. The molecule has 0 unspecified atom stereocenters. The predicted octanol–water partition coefficient (Wildman–Crippen LogP) is 3.73. The van der Waals surface area contributed by atoms with Gasteiger partial charge in [0, 0.05) is 10.5 Å². The van der Waals surface area contributed by atoms with Crippen molar-refractivity contribution in [1.82, 2.24) is 0 Å². The van der Waals surface area contributed by atoms with Gasteiger partial charge in [-0.1, -0.05) is 55.9 Å². The van der Waals surface area contributed by atoms with Crippen LogP contribution in [0.5, 0.6) is 0 Å². The van der Waals surface area contributed by atoms with Gasteiger partial charge in [0.1, 0.15) is 4.90 Å². The molecule has 122 valence electrons. The number of aryl methyl sites for hydroxylation is 3. The molecule has 0 aromatic heterocycles. The molecule has 1 aromatic rings. The molecule has 4 nitrogen and oxygen atoms in total. The molecule has 0 fully saturated rings. The molecule has 0 heterocycles. The number of benzene rings is 1. The lowest BCUT2D eigenvalue weighted by Crippen LogP contribution is -2.33. The van der Waals surface area contributed by atoms with Crippen molar-refractivity contribution in [2.45, 2.75) is 63.9 Å². The Morgan fingerprint density at radius 2 is 1.33 bits per heavy atom. The van der Waals surface area contributed by atoms with Gasteiger partial charge in [0.25, 0.3) is 0 Å². The molecule has 0 spiro atoms. The normalized spacial score (nSPS) is 14.0. The highest BCUT2D eigenvalue weighted by molar-refractivity contribution is 8.32. The maximum atomic E-state index is 12.7. The third kappa shape index (κ3) is 3.80. The Morgan fingerprint density at radius 3 is 1.67 bits per heavy atom. The Kier molecular flexibility index (Phi) is 5.53. The number of rotatable bonds is 5. The molecule has 0 aliphatic carbocycles. The van der Waals surface area contributed by atoms with Gasteiger partial charge in [-0.05, 0) is 31.9 Å². The molecule has 1 aromatic carbocycles. The minimum absolute atomic E-state index is 0.0432. The lowest BCUT2D eigenvalue weighted by Gasteiger charge is -2.41. The molecule has 0 radical (unpaired) electrons. The van der Waals surface area contributed by atoms with Gasteiger partial charge in [0.05, 0.1) is 0 Å². The Labute approximate surface area is 130 Å². The standard InChI is InChI=1S/C15H27NO3S2/c1-10(2)20(16,11(3)4)19-21(17,18)15-13(6)8-12(5)9-14(15)7/h8-11H,16H2,1-7H3. The van der Waals surface area contributed by atoms with Gasteiger partial charge in [0.2, 0.25) is 0 Å². The molecule has 0 amide bonds. The van der Waals surface area contributed by atoms with E-state index in [-0.39, 0.29) is 15.4 Å². The van der Waals surface area contributed by atoms with Crippen molar-refractivity contribution in [2.24, 2.45) is 5.14 Å². The van der Waals surface area contributed by atoms with Crippen molar-refractivity contribution in [3.8, 4) is 0 Å². The molecule has 6 heteroatoms. The van der Waals surface area contributed by atoms with Crippen LogP contribution in [0.2, 0.25) is 0 Å². The summed E-state index contributed by atoms with van der Waals surface area (Å²) in [6.45, 7) is 13.1. The van der Waals surface area contributed by atoms with E-state index < -0.39 is 20.6 Å². The van der Waals surface area contributed by atoms with Crippen LogP contribution < -0.4 is 5.14 Å². The zero-order valence-electron chi connectivity index (χ0n) is 13.9. The van der Waals surface area contributed by atoms with Gasteiger partial charge in [-0.25, -0.2) is 3.63 Å². The van der Waals surface area contributed by atoms with Crippen LogP contribution in [0, 0.1) is 20.8 Å². The molecule has 0 saturated heterocycles. The van der Waals surface area contributed by atoms with Crippen LogP contribution in [0.25, 0.3) is 0 Å². The average molecular weight is 334 g/mol. The molecule has 1 rings (SSSR count). The molecule has 0 saturated carbocycles. The molecule has 0 aliphatic heterocycles. The van der Waals surface area contributed by atoms with Crippen LogP contribution >= 0.6 is 10.5 Å². The monoisotopic (exact) mass is 333 g/mol. The van der Waals surface area contributed by atoms with Crippen LogP contribution in [-0.2, 0) is 13.7 Å². The van der Waals surface area contributed by atoms with Crippen molar-refractivity contribution in [3.63, 3.8) is 0 Å². The predicted molar refractivity (Wildman–Crippen MR) is 91.0 cm³/mol. The number of hydrogen-bond acceptors (Lipinski definition) is 4. The van der Waals surface area contributed by atoms with Gasteiger partial charge in [-0.15, -0.1) is 0 Å². The lowest BCUT2D eigenvalue weighted by atomic mass is 10.1.